The average Bonchev–Trinajstić information content (AvgIpc) is 2.10. The van der Waals surface area contributed by atoms with E-state index in [4.69, 9.17) is 0 Å². The summed E-state index contributed by atoms with van der Waals surface area (Å²) in [6.45, 7) is 4.10. The summed E-state index contributed by atoms with van der Waals surface area (Å²) in [5.41, 5.74) is 0. The van der Waals surface area contributed by atoms with Gasteiger partial charge in [-0.2, -0.15) is 0 Å². The lowest BCUT2D eigenvalue weighted by atomic mass is 10.1. The third-order valence-electron chi connectivity index (χ3n) is 1.88. The van der Waals surface area contributed by atoms with Crippen molar-refractivity contribution in [3.8, 4) is 0 Å². The van der Waals surface area contributed by atoms with E-state index in [0.29, 0.717) is 6.42 Å². The highest BCUT2D eigenvalue weighted by molar-refractivity contribution is 5.89. The number of allylic oxidation sites excluding steroid dienone is 2. The maximum absolute atomic E-state index is 10.8. The van der Waals surface area contributed by atoms with Crippen LogP contribution in [0.4, 0.5) is 0 Å². The predicted molar refractivity (Wildman–Crippen MR) is 53.2 cm³/mol. The zero-order valence-electron chi connectivity index (χ0n) is 8.31. The van der Waals surface area contributed by atoms with Crippen LogP contribution in [0.25, 0.3) is 0 Å². The van der Waals surface area contributed by atoms with Crippen LogP contribution in [0, 0.1) is 0 Å². The Kier molecular flexibility index (Phi) is 8.09. The highest BCUT2D eigenvalue weighted by Crippen LogP contribution is 2.02. The summed E-state index contributed by atoms with van der Waals surface area (Å²) in [5, 5.41) is 0. The lowest BCUT2D eigenvalue weighted by molar-refractivity contribution is -0.114. The van der Waals surface area contributed by atoms with Crippen molar-refractivity contribution in [3.05, 3.63) is 12.2 Å². The maximum Gasteiger partial charge on any atom is 0.155 e. The summed E-state index contributed by atoms with van der Waals surface area (Å²) >= 11 is 0. The van der Waals surface area contributed by atoms with Gasteiger partial charge in [0.15, 0.2) is 5.78 Å². The van der Waals surface area contributed by atoms with Crippen LogP contribution >= 0.6 is 0 Å². The van der Waals surface area contributed by atoms with Crippen LogP contribution in [-0.2, 0) is 4.79 Å². The minimum absolute atomic E-state index is 0.241. The van der Waals surface area contributed by atoms with Crippen molar-refractivity contribution in [1.82, 2.24) is 0 Å². The molecule has 0 saturated carbocycles. The molecule has 12 heavy (non-hydrogen) atoms. The number of hydrogen-bond donors (Lipinski definition) is 0. The van der Waals surface area contributed by atoms with Gasteiger partial charge in [-0.1, -0.05) is 39.2 Å². The van der Waals surface area contributed by atoms with Gasteiger partial charge in [0.1, 0.15) is 0 Å². The molecule has 0 saturated heterocycles. The van der Waals surface area contributed by atoms with Gasteiger partial charge in [0.25, 0.3) is 0 Å². The standard InChI is InChI=1S/C11H20O/c1-3-5-6-7-8-9-10-11(12)4-2/h9-10H,3-8H2,1-2H3/b10-9+. The highest BCUT2D eigenvalue weighted by Gasteiger charge is 1.88. The van der Waals surface area contributed by atoms with E-state index in [1.807, 2.05) is 13.0 Å². The number of hydrogen-bond acceptors (Lipinski definition) is 1. The Morgan fingerprint density at radius 2 is 1.92 bits per heavy atom. The second kappa shape index (κ2) is 8.51. The number of unbranched alkanes of at least 4 members (excludes halogenated alkanes) is 4. The van der Waals surface area contributed by atoms with Crippen LogP contribution in [-0.4, -0.2) is 5.78 Å². The van der Waals surface area contributed by atoms with Crippen LogP contribution in [0.2, 0.25) is 0 Å². The monoisotopic (exact) mass is 168 g/mol. The predicted octanol–water partition coefficient (Wildman–Crippen LogP) is 3.49. The normalized spacial score (nSPS) is 10.8. The van der Waals surface area contributed by atoms with Gasteiger partial charge in [0.2, 0.25) is 0 Å². The van der Waals surface area contributed by atoms with Gasteiger partial charge >= 0.3 is 0 Å². The van der Waals surface area contributed by atoms with Gasteiger partial charge < -0.3 is 0 Å². The first kappa shape index (κ1) is 11.4. The molecule has 0 aromatic rings. The molecule has 0 heterocycles. The van der Waals surface area contributed by atoms with Crippen molar-refractivity contribution < 1.29 is 4.79 Å². The van der Waals surface area contributed by atoms with E-state index >= 15 is 0 Å². The van der Waals surface area contributed by atoms with E-state index in [-0.39, 0.29) is 5.78 Å². The molecule has 0 rings (SSSR count). The molecule has 0 radical (unpaired) electrons. The molecule has 1 nitrogen and oxygen atoms in total. The molecule has 0 aliphatic heterocycles. The molecule has 0 aromatic heterocycles. The first-order valence-electron chi connectivity index (χ1n) is 5.00. The quantitative estimate of drug-likeness (QED) is 0.420. The molecule has 0 aliphatic rings. The molecule has 0 bridgehead atoms. The minimum atomic E-state index is 0.241. The van der Waals surface area contributed by atoms with E-state index in [1.165, 1.54) is 25.7 Å². The second-order valence-corrected chi connectivity index (χ2v) is 3.07. The topological polar surface area (TPSA) is 17.1 Å². The summed E-state index contributed by atoms with van der Waals surface area (Å²) in [7, 11) is 0. The molecular formula is C11H20O. The zero-order valence-corrected chi connectivity index (χ0v) is 8.31. The molecule has 1 heteroatoms. The Balaban J connectivity index is 3.18. The largest absolute Gasteiger partial charge is 0.295 e. The molecule has 0 N–H and O–H groups in total. The van der Waals surface area contributed by atoms with Crippen molar-refractivity contribution in [3.63, 3.8) is 0 Å². The molecule has 0 aromatic carbocycles. The molecule has 0 aliphatic carbocycles. The van der Waals surface area contributed by atoms with Crippen LogP contribution in [0.1, 0.15) is 52.4 Å². The summed E-state index contributed by atoms with van der Waals surface area (Å²) in [6, 6.07) is 0. The van der Waals surface area contributed by atoms with Crippen LogP contribution < -0.4 is 0 Å². The third kappa shape index (κ3) is 7.52. The van der Waals surface area contributed by atoms with Crippen LogP contribution in [0.15, 0.2) is 12.2 Å². The molecular weight excluding hydrogens is 148 g/mol. The zero-order chi connectivity index (χ0) is 9.23. The Labute approximate surface area is 75.9 Å². The number of carbonyl (C=O) groups is 1. The van der Waals surface area contributed by atoms with E-state index in [1.54, 1.807) is 6.08 Å². The van der Waals surface area contributed by atoms with Crippen molar-refractivity contribution in [2.75, 3.05) is 0 Å². The number of rotatable bonds is 7. The SMILES string of the molecule is CCCCCC/C=C/C(=O)CC. The van der Waals surface area contributed by atoms with Gasteiger partial charge in [0.05, 0.1) is 0 Å². The van der Waals surface area contributed by atoms with E-state index in [2.05, 4.69) is 6.92 Å². The third-order valence-corrected chi connectivity index (χ3v) is 1.88. The molecule has 0 unspecified atom stereocenters. The van der Waals surface area contributed by atoms with Crippen molar-refractivity contribution in [1.29, 1.82) is 0 Å². The number of carbonyl (C=O) groups excluding carboxylic acids is 1. The van der Waals surface area contributed by atoms with Crippen molar-refractivity contribution in [2.45, 2.75) is 52.4 Å². The molecule has 70 valence electrons. The fraction of sp³-hybridized carbons (Fsp3) is 0.727. The Bertz CT molecular complexity index is 136. The Hall–Kier alpha value is -0.590. The number of ketones is 1. The molecule has 0 atom stereocenters. The van der Waals surface area contributed by atoms with Gasteiger partial charge in [-0.15, -0.1) is 0 Å². The van der Waals surface area contributed by atoms with Gasteiger partial charge in [-0.3, -0.25) is 4.79 Å². The van der Waals surface area contributed by atoms with Crippen molar-refractivity contribution in [2.24, 2.45) is 0 Å². The minimum Gasteiger partial charge on any atom is -0.295 e. The lowest BCUT2D eigenvalue weighted by Gasteiger charge is -1.93. The first-order valence-corrected chi connectivity index (χ1v) is 5.00. The Morgan fingerprint density at radius 3 is 2.50 bits per heavy atom. The Morgan fingerprint density at radius 1 is 1.17 bits per heavy atom. The molecule has 0 amide bonds. The van der Waals surface area contributed by atoms with E-state index < -0.39 is 0 Å². The van der Waals surface area contributed by atoms with E-state index in [0.717, 1.165) is 6.42 Å². The van der Waals surface area contributed by atoms with Gasteiger partial charge in [-0.05, 0) is 18.9 Å². The molecule has 0 fully saturated rings. The summed E-state index contributed by atoms with van der Waals surface area (Å²) in [6.07, 6.45) is 10.5. The fourth-order valence-electron chi connectivity index (χ4n) is 1.02. The smallest absolute Gasteiger partial charge is 0.155 e. The van der Waals surface area contributed by atoms with Crippen LogP contribution in [0.5, 0.6) is 0 Å². The average molecular weight is 168 g/mol. The van der Waals surface area contributed by atoms with Gasteiger partial charge in [-0.25, -0.2) is 0 Å². The van der Waals surface area contributed by atoms with Crippen LogP contribution in [0.3, 0.4) is 0 Å². The second-order valence-electron chi connectivity index (χ2n) is 3.07. The maximum atomic E-state index is 10.8. The first-order chi connectivity index (χ1) is 5.81. The van der Waals surface area contributed by atoms with Crippen molar-refractivity contribution >= 4 is 5.78 Å². The summed E-state index contributed by atoms with van der Waals surface area (Å²) in [4.78, 5) is 10.8. The summed E-state index contributed by atoms with van der Waals surface area (Å²) < 4.78 is 0. The van der Waals surface area contributed by atoms with E-state index in [9.17, 15) is 4.79 Å². The fourth-order valence-corrected chi connectivity index (χ4v) is 1.02. The lowest BCUT2D eigenvalue weighted by Crippen LogP contribution is -1.86. The molecule has 0 spiro atoms. The highest BCUT2D eigenvalue weighted by atomic mass is 16.1. The van der Waals surface area contributed by atoms with Gasteiger partial charge in [0, 0.05) is 6.42 Å². The summed E-state index contributed by atoms with van der Waals surface area (Å²) in [5.74, 6) is 0.241.